The second-order valence-electron chi connectivity index (χ2n) is 6.69. The van der Waals surface area contributed by atoms with Crippen molar-refractivity contribution in [2.24, 2.45) is 0 Å². The van der Waals surface area contributed by atoms with Crippen molar-refractivity contribution in [2.75, 3.05) is 31.5 Å². The molecular formula is C23H19FN2O5S. The first kappa shape index (κ1) is 21.4. The minimum atomic E-state index is -0.557. The second-order valence-corrected chi connectivity index (χ2v) is 7.64. The van der Waals surface area contributed by atoms with Crippen LogP contribution in [0.2, 0.25) is 0 Å². The van der Waals surface area contributed by atoms with E-state index >= 15 is 0 Å². The van der Waals surface area contributed by atoms with Crippen LogP contribution in [0.25, 0.3) is 5.57 Å². The number of hydrogen-bond acceptors (Lipinski definition) is 7. The Hall–Kier alpha value is -3.85. The number of nitrogens with zero attached hydrogens (tertiary/aromatic N) is 1. The Labute approximate surface area is 187 Å². The number of benzene rings is 2. The molecule has 1 aromatic heterocycles. The number of nitrogens with one attached hydrogen (secondary N) is 1. The number of thiophene rings is 1. The van der Waals surface area contributed by atoms with E-state index in [-0.39, 0.29) is 17.0 Å². The maximum atomic E-state index is 13.4. The molecular weight excluding hydrogens is 435 g/mol. The lowest BCUT2D eigenvalue weighted by atomic mass is 10.1. The number of ether oxygens (including phenoxy) is 3. The molecule has 2 heterocycles. The molecule has 0 saturated carbocycles. The van der Waals surface area contributed by atoms with Crippen LogP contribution in [-0.2, 0) is 9.59 Å². The molecule has 0 unspecified atom stereocenters. The SMILES string of the molecule is COc1cc(NC2=C(c3cccs3)C(=O)N(c3ccc(F)cc3)C2=O)cc(OC)c1OC. The van der Waals surface area contributed by atoms with Gasteiger partial charge in [0.05, 0.1) is 32.6 Å². The van der Waals surface area contributed by atoms with Crippen LogP contribution in [0.5, 0.6) is 17.2 Å². The molecule has 0 fully saturated rings. The predicted octanol–water partition coefficient (Wildman–Crippen LogP) is 4.31. The van der Waals surface area contributed by atoms with Gasteiger partial charge in [-0.1, -0.05) is 6.07 Å². The average Bonchev–Trinajstić information content (AvgIpc) is 3.40. The van der Waals surface area contributed by atoms with Crippen LogP contribution in [0.15, 0.2) is 59.6 Å². The van der Waals surface area contributed by atoms with Crippen molar-refractivity contribution in [1.82, 2.24) is 0 Å². The van der Waals surface area contributed by atoms with Crippen molar-refractivity contribution in [3.8, 4) is 17.2 Å². The summed E-state index contributed by atoms with van der Waals surface area (Å²) in [7, 11) is 4.46. The molecule has 2 aromatic carbocycles. The number of halogens is 1. The molecule has 2 amide bonds. The number of imide groups is 1. The Balaban J connectivity index is 1.80. The zero-order valence-corrected chi connectivity index (χ0v) is 18.3. The van der Waals surface area contributed by atoms with Crippen molar-refractivity contribution >= 4 is 40.1 Å². The highest BCUT2D eigenvalue weighted by Gasteiger charge is 2.40. The van der Waals surface area contributed by atoms with Gasteiger partial charge in [0.2, 0.25) is 5.75 Å². The van der Waals surface area contributed by atoms with Crippen LogP contribution in [0.1, 0.15) is 4.88 Å². The van der Waals surface area contributed by atoms with Crippen molar-refractivity contribution < 1.29 is 28.2 Å². The molecule has 4 rings (SSSR count). The van der Waals surface area contributed by atoms with E-state index in [1.54, 1.807) is 24.3 Å². The highest BCUT2D eigenvalue weighted by atomic mass is 32.1. The number of anilines is 2. The zero-order chi connectivity index (χ0) is 22.8. The first-order valence-electron chi connectivity index (χ1n) is 9.48. The standard InChI is InChI=1S/C23H19FN2O5S/c1-29-16-11-14(12-17(30-2)21(16)31-3)25-20-19(18-5-4-10-32-18)22(27)26(23(20)28)15-8-6-13(24)7-9-15/h4-12,25H,1-3H3. The molecule has 7 nitrogen and oxygen atoms in total. The number of rotatable bonds is 7. The summed E-state index contributed by atoms with van der Waals surface area (Å²) in [5.74, 6) is -0.345. The third-order valence-electron chi connectivity index (χ3n) is 4.87. The minimum absolute atomic E-state index is 0.0936. The number of amides is 2. The molecule has 0 spiro atoms. The van der Waals surface area contributed by atoms with Crippen LogP contribution in [0, 0.1) is 5.82 Å². The molecule has 1 aliphatic heterocycles. The van der Waals surface area contributed by atoms with Crippen LogP contribution in [0.4, 0.5) is 15.8 Å². The van der Waals surface area contributed by atoms with Gasteiger partial charge in [0.25, 0.3) is 11.8 Å². The Morgan fingerprint density at radius 3 is 2.09 bits per heavy atom. The van der Waals surface area contributed by atoms with Crippen LogP contribution in [0.3, 0.4) is 0 Å². The van der Waals surface area contributed by atoms with E-state index in [0.717, 1.165) is 4.90 Å². The van der Waals surface area contributed by atoms with Gasteiger partial charge in [-0.3, -0.25) is 9.59 Å². The van der Waals surface area contributed by atoms with Crippen molar-refractivity contribution in [3.63, 3.8) is 0 Å². The fourth-order valence-electron chi connectivity index (χ4n) is 3.42. The molecule has 3 aromatic rings. The normalized spacial score (nSPS) is 13.6. The van der Waals surface area contributed by atoms with E-state index in [9.17, 15) is 14.0 Å². The molecule has 0 aliphatic carbocycles. The Morgan fingerprint density at radius 1 is 0.906 bits per heavy atom. The average molecular weight is 454 g/mol. The second kappa shape index (κ2) is 8.72. The molecule has 0 saturated heterocycles. The maximum absolute atomic E-state index is 13.4. The lowest BCUT2D eigenvalue weighted by Gasteiger charge is -2.17. The lowest BCUT2D eigenvalue weighted by Crippen LogP contribution is -2.32. The van der Waals surface area contributed by atoms with Gasteiger partial charge in [-0.05, 0) is 35.7 Å². The van der Waals surface area contributed by atoms with Gasteiger partial charge >= 0.3 is 0 Å². The zero-order valence-electron chi connectivity index (χ0n) is 17.5. The van der Waals surface area contributed by atoms with Crippen LogP contribution >= 0.6 is 11.3 Å². The highest BCUT2D eigenvalue weighted by Crippen LogP contribution is 2.42. The molecule has 0 atom stereocenters. The fraction of sp³-hybridized carbons (Fsp3) is 0.130. The van der Waals surface area contributed by atoms with Gasteiger partial charge in [-0.2, -0.15) is 0 Å². The first-order valence-corrected chi connectivity index (χ1v) is 10.4. The van der Waals surface area contributed by atoms with Crippen LogP contribution < -0.4 is 24.4 Å². The summed E-state index contributed by atoms with van der Waals surface area (Å²) in [4.78, 5) is 28.3. The maximum Gasteiger partial charge on any atom is 0.282 e. The highest BCUT2D eigenvalue weighted by molar-refractivity contribution is 7.11. The summed E-state index contributed by atoms with van der Waals surface area (Å²) >= 11 is 1.33. The summed E-state index contributed by atoms with van der Waals surface area (Å²) in [6.07, 6.45) is 0. The topological polar surface area (TPSA) is 77.1 Å². The summed E-state index contributed by atoms with van der Waals surface area (Å²) in [5.41, 5.74) is 1.06. The van der Waals surface area contributed by atoms with E-state index in [4.69, 9.17) is 14.2 Å². The molecule has 32 heavy (non-hydrogen) atoms. The van der Waals surface area contributed by atoms with Gasteiger partial charge < -0.3 is 19.5 Å². The third kappa shape index (κ3) is 3.67. The molecule has 1 N–H and O–H groups in total. The smallest absolute Gasteiger partial charge is 0.282 e. The number of carbonyl (C=O) groups excluding carboxylic acids is 2. The lowest BCUT2D eigenvalue weighted by molar-refractivity contribution is -0.120. The molecule has 0 bridgehead atoms. The fourth-order valence-corrected chi connectivity index (χ4v) is 4.19. The first-order chi connectivity index (χ1) is 15.5. The van der Waals surface area contributed by atoms with Gasteiger partial charge in [0, 0.05) is 22.7 Å². The van der Waals surface area contributed by atoms with Gasteiger partial charge in [-0.15, -0.1) is 11.3 Å². The minimum Gasteiger partial charge on any atom is -0.493 e. The monoisotopic (exact) mass is 454 g/mol. The van der Waals surface area contributed by atoms with E-state index in [1.165, 1.54) is 56.9 Å². The molecule has 0 radical (unpaired) electrons. The summed E-state index contributed by atoms with van der Waals surface area (Å²) in [6, 6.07) is 12.0. The summed E-state index contributed by atoms with van der Waals surface area (Å²) < 4.78 is 29.5. The van der Waals surface area contributed by atoms with E-state index < -0.39 is 17.6 Å². The van der Waals surface area contributed by atoms with Crippen molar-refractivity contribution in [1.29, 1.82) is 0 Å². The Morgan fingerprint density at radius 2 is 1.56 bits per heavy atom. The number of hydrogen-bond donors (Lipinski definition) is 1. The van der Waals surface area contributed by atoms with Crippen molar-refractivity contribution in [2.45, 2.75) is 0 Å². The van der Waals surface area contributed by atoms with Crippen molar-refractivity contribution in [3.05, 3.63) is 70.3 Å². The van der Waals surface area contributed by atoms with Crippen LogP contribution in [-0.4, -0.2) is 33.1 Å². The van der Waals surface area contributed by atoms with E-state index in [1.807, 2.05) is 5.38 Å². The van der Waals surface area contributed by atoms with Gasteiger partial charge in [0.15, 0.2) is 11.5 Å². The summed E-state index contributed by atoms with van der Waals surface area (Å²) in [5, 5.41) is 4.87. The van der Waals surface area contributed by atoms with Gasteiger partial charge in [-0.25, -0.2) is 9.29 Å². The quantitative estimate of drug-likeness (QED) is 0.536. The van der Waals surface area contributed by atoms with Gasteiger partial charge in [0.1, 0.15) is 11.5 Å². The number of carbonyl (C=O) groups is 2. The van der Waals surface area contributed by atoms with E-state index in [0.29, 0.717) is 27.8 Å². The molecule has 164 valence electrons. The third-order valence-corrected chi connectivity index (χ3v) is 5.76. The largest absolute Gasteiger partial charge is 0.493 e. The molecule has 1 aliphatic rings. The Kier molecular flexibility index (Phi) is 5.83. The Bertz CT molecular complexity index is 1180. The predicted molar refractivity (Wildman–Crippen MR) is 120 cm³/mol. The number of methoxy groups -OCH3 is 3. The molecule has 9 heteroatoms. The summed E-state index contributed by atoms with van der Waals surface area (Å²) in [6.45, 7) is 0. The van der Waals surface area contributed by atoms with E-state index in [2.05, 4.69) is 5.32 Å².